The monoisotopic (exact) mass is 352 g/mol. The van der Waals surface area contributed by atoms with Gasteiger partial charge < -0.3 is 14.5 Å². The summed E-state index contributed by atoms with van der Waals surface area (Å²) in [5.74, 6) is 1.93. The van der Waals surface area contributed by atoms with Crippen LogP contribution in [0.1, 0.15) is 24.1 Å². The van der Waals surface area contributed by atoms with Gasteiger partial charge in [-0.2, -0.15) is 5.10 Å². The number of nitrogens with zero attached hydrogens (tertiary/aromatic N) is 4. The first-order chi connectivity index (χ1) is 12.6. The van der Waals surface area contributed by atoms with Crippen LogP contribution in [0.15, 0.2) is 36.4 Å². The van der Waals surface area contributed by atoms with Crippen molar-refractivity contribution in [1.29, 1.82) is 0 Å². The van der Waals surface area contributed by atoms with E-state index in [2.05, 4.69) is 15.1 Å². The third-order valence-corrected chi connectivity index (χ3v) is 5.46. The Hall–Kier alpha value is -2.63. The minimum absolute atomic E-state index is 0.233. The van der Waals surface area contributed by atoms with Gasteiger partial charge in [0, 0.05) is 31.7 Å². The maximum absolute atomic E-state index is 13.3. The number of carbonyl (C=O) groups excluding carboxylic acids is 1. The summed E-state index contributed by atoms with van der Waals surface area (Å²) in [6.07, 6.45) is 1.80. The number of amides is 1. The van der Waals surface area contributed by atoms with Crippen molar-refractivity contribution in [3.8, 4) is 5.75 Å². The van der Waals surface area contributed by atoms with Gasteiger partial charge in [0.05, 0.1) is 18.2 Å². The molecule has 1 aromatic carbocycles. The van der Waals surface area contributed by atoms with Gasteiger partial charge in [-0.3, -0.25) is 4.79 Å². The summed E-state index contributed by atoms with van der Waals surface area (Å²) in [4.78, 5) is 17.5. The number of anilines is 1. The molecule has 136 valence electrons. The summed E-state index contributed by atoms with van der Waals surface area (Å²) in [5, 5.41) is 8.39. The van der Waals surface area contributed by atoms with E-state index in [9.17, 15) is 4.79 Å². The largest absolute Gasteiger partial charge is 0.496 e. The molecular weight excluding hydrogens is 328 g/mol. The van der Waals surface area contributed by atoms with E-state index < -0.39 is 5.41 Å². The highest BCUT2D eigenvalue weighted by Gasteiger charge is 2.54. The standard InChI is InChI=1S/C20H24N4O2/c1-15-7-8-18(22-21-15)23-11-13-24(14-12-23)19(25)20(9-10-20)16-5-3-4-6-17(16)26-2/h3-8H,9-14H2,1-2H3. The van der Waals surface area contributed by atoms with Crippen LogP contribution in [0.2, 0.25) is 0 Å². The third-order valence-electron chi connectivity index (χ3n) is 5.46. The molecule has 0 N–H and O–H groups in total. The van der Waals surface area contributed by atoms with Gasteiger partial charge in [0.25, 0.3) is 0 Å². The lowest BCUT2D eigenvalue weighted by Crippen LogP contribution is -2.51. The Morgan fingerprint density at radius 3 is 2.38 bits per heavy atom. The predicted octanol–water partition coefficient (Wildman–Crippen LogP) is 2.17. The van der Waals surface area contributed by atoms with E-state index in [4.69, 9.17) is 4.74 Å². The number of methoxy groups -OCH3 is 1. The summed E-state index contributed by atoms with van der Waals surface area (Å²) in [6, 6.07) is 11.9. The third kappa shape index (κ3) is 2.89. The van der Waals surface area contributed by atoms with Crippen LogP contribution in [0.3, 0.4) is 0 Å². The number of hydrogen-bond donors (Lipinski definition) is 0. The molecule has 0 spiro atoms. The smallest absolute Gasteiger partial charge is 0.233 e. The fourth-order valence-electron chi connectivity index (χ4n) is 3.77. The Balaban J connectivity index is 1.46. The lowest BCUT2D eigenvalue weighted by atomic mass is 9.93. The van der Waals surface area contributed by atoms with Crippen LogP contribution < -0.4 is 9.64 Å². The molecule has 1 saturated heterocycles. The normalized spacial score (nSPS) is 18.5. The number of ether oxygens (including phenoxy) is 1. The number of aromatic nitrogens is 2. The maximum atomic E-state index is 13.3. The molecule has 1 amide bonds. The second-order valence-electron chi connectivity index (χ2n) is 7.09. The Bertz CT molecular complexity index is 794. The fraction of sp³-hybridized carbons (Fsp3) is 0.450. The zero-order chi connectivity index (χ0) is 18.1. The zero-order valence-corrected chi connectivity index (χ0v) is 15.3. The second kappa shape index (κ2) is 6.59. The quantitative estimate of drug-likeness (QED) is 0.844. The maximum Gasteiger partial charge on any atom is 0.233 e. The molecule has 2 aliphatic rings. The second-order valence-corrected chi connectivity index (χ2v) is 7.09. The number of benzene rings is 1. The van der Waals surface area contributed by atoms with E-state index in [1.165, 1.54) is 0 Å². The fourth-order valence-corrected chi connectivity index (χ4v) is 3.77. The van der Waals surface area contributed by atoms with Crippen LogP contribution in [-0.2, 0) is 10.2 Å². The molecule has 1 saturated carbocycles. The van der Waals surface area contributed by atoms with E-state index in [1.54, 1.807) is 7.11 Å². The van der Waals surface area contributed by atoms with Crippen molar-refractivity contribution < 1.29 is 9.53 Å². The Morgan fingerprint density at radius 2 is 1.77 bits per heavy atom. The van der Waals surface area contributed by atoms with Crippen molar-refractivity contribution >= 4 is 11.7 Å². The molecule has 1 aliphatic heterocycles. The van der Waals surface area contributed by atoms with Crippen LogP contribution >= 0.6 is 0 Å². The van der Waals surface area contributed by atoms with E-state index in [0.29, 0.717) is 13.1 Å². The number of piperazine rings is 1. The van der Waals surface area contributed by atoms with Gasteiger partial charge in [-0.1, -0.05) is 18.2 Å². The number of aryl methyl sites for hydroxylation is 1. The van der Waals surface area contributed by atoms with Crippen molar-refractivity contribution in [2.75, 3.05) is 38.2 Å². The zero-order valence-electron chi connectivity index (χ0n) is 15.3. The van der Waals surface area contributed by atoms with Crippen molar-refractivity contribution in [2.24, 2.45) is 0 Å². The van der Waals surface area contributed by atoms with Gasteiger partial charge in [0.15, 0.2) is 5.82 Å². The predicted molar refractivity (Wildman–Crippen MR) is 99.5 cm³/mol. The molecule has 0 unspecified atom stereocenters. The van der Waals surface area contributed by atoms with E-state index >= 15 is 0 Å². The molecule has 4 rings (SSSR count). The number of hydrogen-bond acceptors (Lipinski definition) is 5. The highest BCUT2D eigenvalue weighted by Crippen LogP contribution is 2.52. The average Bonchev–Trinajstić information content (AvgIpc) is 3.50. The molecular formula is C20H24N4O2. The first kappa shape index (κ1) is 16.8. The minimum Gasteiger partial charge on any atom is -0.496 e. The Morgan fingerprint density at radius 1 is 1.04 bits per heavy atom. The van der Waals surface area contributed by atoms with Crippen LogP contribution in [0.4, 0.5) is 5.82 Å². The van der Waals surface area contributed by atoms with Crippen LogP contribution in [0, 0.1) is 6.92 Å². The first-order valence-electron chi connectivity index (χ1n) is 9.12. The van der Waals surface area contributed by atoms with E-state index in [0.717, 1.165) is 48.8 Å². The number of rotatable bonds is 4. The molecule has 6 heteroatoms. The molecule has 2 heterocycles. The topological polar surface area (TPSA) is 58.6 Å². The molecule has 1 aromatic heterocycles. The van der Waals surface area contributed by atoms with E-state index in [-0.39, 0.29) is 5.91 Å². The summed E-state index contributed by atoms with van der Waals surface area (Å²) >= 11 is 0. The van der Waals surface area contributed by atoms with Gasteiger partial charge in [-0.05, 0) is 38.0 Å². The summed E-state index contributed by atoms with van der Waals surface area (Å²) in [7, 11) is 1.67. The first-order valence-corrected chi connectivity index (χ1v) is 9.12. The van der Waals surface area contributed by atoms with Gasteiger partial charge in [-0.25, -0.2) is 0 Å². The minimum atomic E-state index is -0.390. The summed E-state index contributed by atoms with van der Waals surface area (Å²) in [6.45, 7) is 4.92. The van der Waals surface area contributed by atoms with Gasteiger partial charge >= 0.3 is 0 Å². The highest BCUT2D eigenvalue weighted by molar-refractivity contribution is 5.92. The lowest BCUT2D eigenvalue weighted by molar-refractivity contribution is -0.134. The van der Waals surface area contributed by atoms with Gasteiger partial charge in [0.1, 0.15) is 5.75 Å². The molecule has 6 nitrogen and oxygen atoms in total. The Labute approximate surface area is 153 Å². The number of para-hydroxylation sites is 1. The molecule has 26 heavy (non-hydrogen) atoms. The van der Waals surface area contributed by atoms with Crippen LogP contribution in [0.5, 0.6) is 5.75 Å². The SMILES string of the molecule is COc1ccccc1C1(C(=O)N2CCN(c3ccc(C)nn3)CC2)CC1. The van der Waals surface area contributed by atoms with Crippen molar-refractivity contribution in [1.82, 2.24) is 15.1 Å². The molecule has 2 fully saturated rings. The number of carbonyl (C=O) groups is 1. The molecule has 0 atom stereocenters. The van der Waals surface area contributed by atoms with Gasteiger partial charge in [0.2, 0.25) is 5.91 Å². The van der Waals surface area contributed by atoms with Gasteiger partial charge in [-0.15, -0.1) is 5.10 Å². The van der Waals surface area contributed by atoms with E-state index in [1.807, 2.05) is 48.2 Å². The van der Waals surface area contributed by atoms with Crippen LogP contribution in [-0.4, -0.2) is 54.3 Å². The lowest BCUT2D eigenvalue weighted by Gasteiger charge is -2.37. The summed E-state index contributed by atoms with van der Waals surface area (Å²) in [5.41, 5.74) is 1.55. The van der Waals surface area contributed by atoms with Crippen LogP contribution in [0.25, 0.3) is 0 Å². The highest BCUT2D eigenvalue weighted by atomic mass is 16.5. The molecule has 0 bridgehead atoms. The molecule has 1 aliphatic carbocycles. The van der Waals surface area contributed by atoms with Crippen molar-refractivity contribution in [3.63, 3.8) is 0 Å². The molecule has 2 aromatic rings. The van der Waals surface area contributed by atoms with Crippen molar-refractivity contribution in [2.45, 2.75) is 25.2 Å². The summed E-state index contributed by atoms with van der Waals surface area (Å²) < 4.78 is 5.50. The Kier molecular flexibility index (Phi) is 4.26. The molecule has 0 radical (unpaired) electrons. The average molecular weight is 352 g/mol. The van der Waals surface area contributed by atoms with Crippen molar-refractivity contribution in [3.05, 3.63) is 47.7 Å².